The number of rotatable bonds is 2. The summed E-state index contributed by atoms with van der Waals surface area (Å²) in [5.41, 5.74) is 0. The Bertz CT molecular complexity index is 78.5. The molecule has 3 atom stereocenters. The van der Waals surface area contributed by atoms with Crippen LogP contribution in [-0.2, 0) is 0 Å². The quantitative estimate of drug-likeness (QED) is 0.499. The van der Waals surface area contributed by atoms with Crippen LogP contribution in [0.2, 0.25) is 0 Å². The maximum Gasteiger partial charge on any atom is 0.0144 e. The first-order valence-corrected chi connectivity index (χ1v) is 4.64. The van der Waals surface area contributed by atoms with E-state index in [4.69, 9.17) is 0 Å². The summed E-state index contributed by atoms with van der Waals surface area (Å²) in [6.45, 7) is 4.65. The van der Waals surface area contributed by atoms with Crippen LogP contribution in [0.15, 0.2) is 0 Å². The molecule has 0 bridgehead atoms. The minimum absolute atomic E-state index is 0.983. The Labute approximate surface area is 65.2 Å². The van der Waals surface area contributed by atoms with Gasteiger partial charge in [0.2, 0.25) is 0 Å². The molecule has 0 aromatic rings. The molecule has 1 aliphatic rings. The van der Waals surface area contributed by atoms with Crippen LogP contribution in [0.5, 0.6) is 0 Å². The summed E-state index contributed by atoms with van der Waals surface area (Å²) in [6.07, 6.45) is 2.85. The van der Waals surface area contributed by atoms with Gasteiger partial charge in [0.15, 0.2) is 0 Å². The molecule has 1 aliphatic carbocycles. The molecule has 0 heterocycles. The molecule has 1 rings (SSSR count). The van der Waals surface area contributed by atoms with Gasteiger partial charge in [0, 0.05) is 3.92 Å². The molecule has 0 aromatic carbocycles. The van der Waals surface area contributed by atoms with Crippen LogP contribution in [-0.4, -0.2) is 3.92 Å². The van der Waals surface area contributed by atoms with Crippen molar-refractivity contribution < 1.29 is 0 Å². The van der Waals surface area contributed by atoms with E-state index in [0.29, 0.717) is 0 Å². The summed E-state index contributed by atoms with van der Waals surface area (Å²) >= 11 is 2.56. The predicted molar refractivity (Wildman–Crippen MR) is 45.4 cm³/mol. The zero-order valence-electron chi connectivity index (χ0n) is 5.52. The molecule has 0 aromatic heterocycles. The number of hydrogen-bond donors (Lipinski definition) is 0. The highest BCUT2D eigenvalue weighted by molar-refractivity contribution is 14.1. The molecule has 1 saturated carbocycles. The zero-order valence-corrected chi connectivity index (χ0v) is 7.68. The van der Waals surface area contributed by atoms with Crippen molar-refractivity contribution in [3.05, 3.63) is 0 Å². The van der Waals surface area contributed by atoms with Crippen molar-refractivity contribution in [1.29, 1.82) is 0 Å². The Morgan fingerprint density at radius 2 is 2.25 bits per heavy atom. The molecular formula is C7H13I. The van der Waals surface area contributed by atoms with Gasteiger partial charge in [0.25, 0.3) is 0 Å². The van der Waals surface area contributed by atoms with E-state index >= 15 is 0 Å². The van der Waals surface area contributed by atoms with Gasteiger partial charge in [-0.25, -0.2) is 0 Å². The summed E-state index contributed by atoms with van der Waals surface area (Å²) in [5, 5.41) is 0. The van der Waals surface area contributed by atoms with E-state index in [1.165, 1.54) is 12.8 Å². The van der Waals surface area contributed by atoms with Gasteiger partial charge in [-0.3, -0.25) is 0 Å². The van der Waals surface area contributed by atoms with Gasteiger partial charge >= 0.3 is 0 Å². The molecule has 0 spiro atoms. The van der Waals surface area contributed by atoms with Gasteiger partial charge in [-0.05, 0) is 18.3 Å². The molecule has 0 nitrogen and oxygen atoms in total. The Balaban J connectivity index is 2.18. The maximum absolute atomic E-state index is 2.56. The predicted octanol–water partition coefficient (Wildman–Crippen LogP) is 2.86. The first-order valence-electron chi connectivity index (χ1n) is 3.39. The van der Waals surface area contributed by atoms with E-state index < -0.39 is 0 Å². The molecule has 8 heavy (non-hydrogen) atoms. The van der Waals surface area contributed by atoms with Crippen LogP contribution in [0, 0.1) is 11.8 Å². The first-order chi connectivity index (χ1) is 3.75. The lowest BCUT2D eigenvalue weighted by Gasteiger charge is -2.03. The van der Waals surface area contributed by atoms with Crippen LogP contribution >= 0.6 is 22.6 Å². The topological polar surface area (TPSA) is 0 Å². The van der Waals surface area contributed by atoms with Crippen molar-refractivity contribution in [2.24, 2.45) is 11.8 Å². The SMILES string of the molecule is CCC(C)C1CC1I. The highest BCUT2D eigenvalue weighted by atomic mass is 127. The Morgan fingerprint density at radius 1 is 1.75 bits per heavy atom. The summed E-state index contributed by atoms with van der Waals surface area (Å²) < 4.78 is 1.02. The maximum atomic E-state index is 2.56. The number of halogens is 1. The largest absolute Gasteiger partial charge is 0.0823 e. The van der Waals surface area contributed by atoms with E-state index in [1.807, 2.05) is 0 Å². The van der Waals surface area contributed by atoms with E-state index in [0.717, 1.165) is 15.8 Å². The molecule has 0 N–H and O–H groups in total. The van der Waals surface area contributed by atoms with E-state index in [2.05, 4.69) is 36.4 Å². The molecule has 1 fully saturated rings. The minimum atomic E-state index is 0.983. The number of alkyl halides is 1. The van der Waals surface area contributed by atoms with E-state index in [-0.39, 0.29) is 0 Å². The third-order valence-corrected chi connectivity index (χ3v) is 3.57. The molecule has 1 heteroatoms. The van der Waals surface area contributed by atoms with Crippen molar-refractivity contribution >= 4 is 22.6 Å². The number of hydrogen-bond acceptors (Lipinski definition) is 0. The smallest absolute Gasteiger partial charge is 0.0144 e. The lowest BCUT2D eigenvalue weighted by molar-refractivity contribution is 0.497. The Hall–Kier alpha value is 0.730. The average Bonchev–Trinajstić information content (AvgIpc) is 2.45. The second-order valence-electron chi connectivity index (χ2n) is 2.80. The van der Waals surface area contributed by atoms with Crippen LogP contribution in [0.1, 0.15) is 26.7 Å². The molecule has 0 amide bonds. The first kappa shape index (κ1) is 6.84. The molecule has 0 aliphatic heterocycles. The lowest BCUT2D eigenvalue weighted by Crippen LogP contribution is -1.95. The summed E-state index contributed by atoms with van der Waals surface area (Å²) in [6, 6.07) is 0. The summed E-state index contributed by atoms with van der Waals surface area (Å²) in [7, 11) is 0. The van der Waals surface area contributed by atoms with Crippen LogP contribution < -0.4 is 0 Å². The third kappa shape index (κ3) is 1.36. The van der Waals surface area contributed by atoms with Crippen molar-refractivity contribution in [2.45, 2.75) is 30.6 Å². The molecular weight excluding hydrogens is 211 g/mol. The fourth-order valence-electron chi connectivity index (χ4n) is 1.07. The second-order valence-corrected chi connectivity index (χ2v) is 4.40. The van der Waals surface area contributed by atoms with Crippen molar-refractivity contribution in [1.82, 2.24) is 0 Å². The Morgan fingerprint density at radius 3 is 2.38 bits per heavy atom. The van der Waals surface area contributed by atoms with E-state index in [1.54, 1.807) is 0 Å². The van der Waals surface area contributed by atoms with Crippen LogP contribution in [0.4, 0.5) is 0 Å². The lowest BCUT2D eigenvalue weighted by atomic mass is 10.0. The fraction of sp³-hybridized carbons (Fsp3) is 1.00. The highest BCUT2D eigenvalue weighted by Crippen LogP contribution is 2.44. The van der Waals surface area contributed by atoms with E-state index in [9.17, 15) is 0 Å². The summed E-state index contributed by atoms with van der Waals surface area (Å²) in [5.74, 6) is 2.05. The van der Waals surface area contributed by atoms with Gasteiger partial charge in [-0.15, -0.1) is 0 Å². The molecule has 3 unspecified atom stereocenters. The van der Waals surface area contributed by atoms with Crippen LogP contribution in [0.25, 0.3) is 0 Å². The standard InChI is InChI=1S/C7H13I/c1-3-5(2)6-4-7(6)8/h5-7H,3-4H2,1-2H3. The van der Waals surface area contributed by atoms with Crippen molar-refractivity contribution in [3.63, 3.8) is 0 Å². The average molecular weight is 224 g/mol. The van der Waals surface area contributed by atoms with Gasteiger partial charge in [-0.1, -0.05) is 42.9 Å². The zero-order chi connectivity index (χ0) is 6.15. The molecule has 0 radical (unpaired) electrons. The second kappa shape index (κ2) is 2.54. The van der Waals surface area contributed by atoms with Crippen molar-refractivity contribution in [3.8, 4) is 0 Å². The van der Waals surface area contributed by atoms with Crippen molar-refractivity contribution in [2.75, 3.05) is 0 Å². The Kier molecular flexibility index (Phi) is 2.18. The molecule has 48 valence electrons. The monoisotopic (exact) mass is 224 g/mol. The van der Waals surface area contributed by atoms with Crippen LogP contribution in [0.3, 0.4) is 0 Å². The fourth-order valence-corrected chi connectivity index (χ4v) is 2.37. The normalized spacial score (nSPS) is 39.4. The molecule has 0 saturated heterocycles. The van der Waals surface area contributed by atoms with Gasteiger partial charge in [0.05, 0.1) is 0 Å². The minimum Gasteiger partial charge on any atom is -0.0823 e. The van der Waals surface area contributed by atoms with Gasteiger partial charge in [-0.2, -0.15) is 0 Å². The van der Waals surface area contributed by atoms with Gasteiger partial charge < -0.3 is 0 Å². The highest BCUT2D eigenvalue weighted by Gasteiger charge is 2.37. The third-order valence-electron chi connectivity index (χ3n) is 2.13. The van der Waals surface area contributed by atoms with Gasteiger partial charge in [0.1, 0.15) is 0 Å². The summed E-state index contributed by atoms with van der Waals surface area (Å²) in [4.78, 5) is 0.